The summed E-state index contributed by atoms with van der Waals surface area (Å²) in [6.07, 6.45) is 0. The highest BCUT2D eigenvalue weighted by atomic mass is 32.1. The Morgan fingerprint density at radius 3 is 2.57 bits per heavy atom. The highest BCUT2D eigenvalue weighted by Gasteiger charge is 2.10. The van der Waals surface area contributed by atoms with Crippen LogP contribution >= 0.6 is 11.3 Å². The number of benzene rings is 2. The van der Waals surface area contributed by atoms with Crippen molar-refractivity contribution >= 4 is 28.2 Å². The molecule has 5 nitrogen and oxygen atoms in total. The number of aromatic hydroxyl groups is 1. The molecule has 3 rings (SSSR count). The summed E-state index contributed by atoms with van der Waals surface area (Å²) in [6.45, 7) is 1.99. The van der Waals surface area contributed by atoms with Crippen LogP contribution < -0.4 is 10.6 Å². The molecule has 0 fully saturated rings. The molecule has 23 heavy (non-hydrogen) atoms. The lowest BCUT2D eigenvalue weighted by Gasteiger charge is -2.05. The summed E-state index contributed by atoms with van der Waals surface area (Å²) in [4.78, 5) is 16.3. The molecule has 0 atom stereocenters. The molecule has 3 N–H and O–H groups in total. The van der Waals surface area contributed by atoms with Crippen LogP contribution in [0.25, 0.3) is 11.3 Å². The largest absolute Gasteiger partial charge is 0.507 e. The normalized spacial score (nSPS) is 10.3. The Kier molecular flexibility index (Phi) is 4.25. The molecular formula is C17H15N3O2S. The Balaban J connectivity index is 1.68. The minimum Gasteiger partial charge on any atom is -0.507 e. The van der Waals surface area contributed by atoms with Gasteiger partial charge in [0.15, 0.2) is 5.13 Å². The first kappa shape index (κ1) is 15.1. The van der Waals surface area contributed by atoms with Crippen LogP contribution in [0.1, 0.15) is 5.56 Å². The van der Waals surface area contributed by atoms with E-state index in [2.05, 4.69) is 15.6 Å². The molecule has 0 aliphatic rings. The Hall–Kier alpha value is -2.86. The molecule has 6 heteroatoms. The number of aromatic nitrogens is 1. The van der Waals surface area contributed by atoms with Crippen LogP contribution in [0.2, 0.25) is 0 Å². The predicted octanol–water partition coefficient (Wildman–Crippen LogP) is 4.47. The van der Waals surface area contributed by atoms with E-state index in [-0.39, 0.29) is 11.8 Å². The van der Waals surface area contributed by atoms with Gasteiger partial charge in [-0.3, -0.25) is 5.32 Å². The maximum atomic E-state index is 12.0. The number of rotatable bonds is 3. The number of urea groups is 1. The van der Waals surface area contributed by atoms with Crippen molar-refractivity contribution in [2.75, 3.05) is 10.6 Å². The molecular weight excluding hydrogens is 310 g/mol. The van der Waals surface area contributed by atoms with Crippen LogP contribution in [0.4, 0.5) is 15.6 Å². The second-order valence-corrected chi connectivity index (χ2v) is 5.86. The number of nitrogens with zero attached hydrogens (tertiary/aromatic N) is 1. The molecule has 0 unspecified atom stereocenters. The molecule has 0 saturated heterocycles. The number of nitrogens with one attached hydrogen (secondary N) is 2. The molecule has 2 aromatic carbocycles. The highest BCUT2D eigenvalue weighted by Crippen LogP contribution is 2.31. The summed E-state index contributed by atoms with van der Waals surface area (Å²) in [7, 11) is 0. The number of phenolic OH excluding ortho intramolecular Hbond substituents is 1. The zero-order valence-corrected chi connectivity index (χ0v) is 13.2. The van der Waals surface area contributed by atoms with E-state index in [4.69, 9.17) is 0 Å². The molecule has 0 spiro atoms. The number of amides is 2. The van der Waals surface area contributed by atoms with E-state index >= 15 is 0 Å². The number of anilines is 2. The third kappa shape index (κ3) is 3.67. The predicted molar refractivity (Wildman–Crippen MR) is 93.0 cm³/mol. The van der Waals surface area contributed by atoms with Gasteiger partial charge in [0.05, 0.1) is 5.69 Å². The van der Waals surface area contributed by atoms with Gasteiger partial charge in [0.1, 0.15) is 5.75 Å². The van der Waals surface area contributed by atoms with Crippen molar-refractivity contribution in [1.29, 1.82) is 0 Å². The van der Waals surface area contributed by atoms with Gasteiger partial charge in [-0.25, -0.2) is 9.78 Å². The van der Waals surface area contributed by atoms with Crippen molar-refractivity contribution in [2.45, 2.75) is 6.92 Å². The lowest BCUT2D eigenvalue weighted by molar-refractivity contribution is 0.262. The van der Waals surface area contributed by atoms with Crippen LogP contribution in [0, 0.1) is 6.92 Å². The fraction of sp³-hybridized carbons (Fsp3) is 0.0588. The van der Waals surface area contributed by atoms with Crippen LogP contribution in [0.5, 0.6) is 5.75 Å². The maximum Gasteiger partial charge on any atom is 0.325 e. The van der Waals surface area contributed by atoms with E-state index in [0.717, 1.165) is 5.56 Å². The molecule has 116 valence electrons. The van der Waals surface area contributed by atoms with Gasteiger partial charge in [-0.1, -0.05) is 29.8 Å². The van der Waals surface area contributed by atoms with Gasteiger partial charge < -0.3 is 10.4 Å². The summed E-state index contributed by atoms with van der Waals surface area (Å²) >= 11 is 1.30. The van der Waals surface area contributed by atoms with Gasteiger partial charge >= 0.3 is 6.03 Å². The number of hydrogen-bond donors (Lipinski definition) is 3. The minimum atomic E-state index is -0.355. The molecule has 0 saturated carbocycles. The first-order valence-electron chi connectivity index (χ1n) is 7.00. The average Bonchev–Trinajstić information content (AvgIpc) is 2.98. The smallest absolute Gasteiger partial charge is 0.325 e. The number of thiazole rings is 1. The van der Waals surface area contributed by atoms with E-state index in [9.17, 15) is 9.90 Å². The average molecular weight is 325 g/mol. The van der Waals surface area contributed by atoms with Gasteiger partial charge in [-0.15, -0.1) is 11.3 Å². The number of aryl methyl sites for hydroxylation is 1. The second-order valence-electron chi connectivity index (χ2n) is 5.00. The lowest BCUT2D eigenvalue weighted by atomic mass is 10.1. The SMILES string of the molecule is Cc1ccc(NC(=O)Nc2nc(-c3ccccc3O)cs2)cc1. The monoisotopic (exact) mass is 325 g/mol. The number of para-hydroxylation sites is 1. The minimum absolute atomic E-state index is 0.161. The maximum absolute atomic E-state index is 12.0. The fourth-order valence-electron chi connectivity index (χ4n) is 2.04. The molecule has 0 aliphatic heterocycles. The van der Waals surface area contributed by atoms with Crippen LogP contribution in [0.3, 0.4) is 0 Å². The van der Waals surface area contributed by atoms with Gasteiger partial charge in [0, 0.05) is 16.6 Å². The standard InChI is InChI=1S/C17H15N3O2S/c1-11-6-8-12(9-7-11)18-16(22)20-17-19-14(10-23-17)13-4-2-3-5-15(13)21/h2-10,21H,1H3,(H2,18,19,20,22). The lowest BCUT2D eigenvalue weighted by Crippen LogP contribution is -2.19. The molecule has 1 aromatic heterocycles. The first-order chi connectivity index (χ1) is 11.1. The number of phenols is 1. The molecule has 2 amide bonds. The van der Waals surface area contributed by atoms with Crippen molar-refractivity contribution < 1.29 is 9.90 Å². The van der Waals surface area contributed by atoms with Crippen molar-refractivity contribution in [1.82, 2.24) is 4.98 Å². The zero-order chi connectivity index (χ0) is 16.2. The van der Waals surface area contributed by atoms with E-state index in [1.54, 1.807) is 23.6 Å². The van der Waals surface area contributed by atoms with Gasteiger partial charge in [-0.2, -0.15) is 0 Å². The molecule has 3 aromatic rings. The number of carbonyl (C=O) groups is 1. The van der Waals surface area contributed by atoms with Crippen LogP contribution in [-0.2, 0) is 0 Å². The Labute approximate surface area is 137 Å². The summed E-state index contributed by atoms with van der Waals surface area (Å²) < 4.78 is 0. The van der Waals surface area contributed by atoms with E-state index < -0.39 is 0 Å². The van der Waals surface area contributed by atoms with Crippen LogP contribution in [-0.4, -0.2) is 16.1 Å². The van der Waals surface area contributed by atoms with Crippen molar-refractivity contribution in [2.24, 2.45) is 0 Å². The molecule has 0 bridgehead atoms. The van der Waals surface area contributed by atoms with E-state index in [1.807, 2.05) is 37.3 Å². The van der Waals surface area contributed by atoms with Gasteiger partial charge in [-0.05, 0) is 31.2 Å². The summed E-state index contributed by atoms with van der Waals surface area (Å²) in [5.41, 5.74) is 3.10. The Morgan fingerprint density at radius 2 is 1.83 bits per heavy atom. The van der Waals surface area contributed by atoms with Gasteiger partial charge in [0.2, 0.25) is 0 Å². The first-order valence-corrected chi connectivity index (χ1v) is 7.88. The number of hydrogen-bond acceptors (Lipinski definition) is 4. The number of carbonyl (C=O) groups excluding carboxylic acids is 1. The third-order valence-electron chi connectivity index (χ3n) is 3.21. The zero-order valence-electron chi connectivity index (χ0n) is 12.4. The second kappa shape index (κ2) is 6.50. The molecule has 0 aliphatic carbocycles. The molecule has 1 heterocycles. The molecule has 0 radical (unpaired) electrons. The highest BCUT2D eigenvalue weighted by molar-refractivity contribution is 7.14. The summed E-state index contributed by atoms with van der Waals surface area (Å²) in [5, 5.41) is 17.5. The third-order valence-corrected chi connectivity index (χ3v) is 3.97. The van der Waals surface area contributed by atoms with E-state index in [1.165, 1.54) is 11.3 Å². The van der Waals surface area contributed by atoms with Crippen molar-refractivity contribution in [3.63, 3.8) is 0 Å². The Morgan fingerprint density at radius 1 is 1.09 bits per heavy atom. The summed E-state index contributed by atoms with van der Waals surface area (Å²) in [5.74, 6) is 0.161. The van der Waals surface area contributed by atoms with Crippen LogP contribution in [0.15, 0.2) is 53.9 Å². The fourth-order valence-corrected chi connectivity index (χ4v) is 2.75. The van der Waals surface area contributed by atoms with Gasteiger partial charge in [0.25, 0.3) is 0 Å². The van der Waals surface area contributed by atoms with E-state index in [0.29, 0.717) is 22.1 Å². The van der Waals surface area contributed by atoms with Crippen molar-refractivity contribution in [3.8, 4) is 17.0 Å². The van der Waals surface area contributed by atoms with Crippen molar-refractivity contribution in [3.05, 3.63) is 59.5 Å². The Bertz CT molecular complexity index is 828. The summed E-state index contributed by atoms with van der Waals surface area (Å²) in [6, 6.07) is 14.1. The topological polar surface area (TPSA) is 74.2 Å². The quantitative estimate of drug-likeness (QED) is 0.665.